The third kappa shape index (κ3) is 6.25. The van der Waals surface area contributed by atoms with Crippen molar-refractivity contribution in [3.05, 3.63) is 114 Å². The van der Waals surface area contributed by atoms with E-state index in [9.17, 15) is 14.4 Å². The molecule has 5 rings (SSSR count). The van der Waals surface area contributed by atoms with Gasteiger partial charge in [0.1, 0.15) is 19.0 Å². The lowest BCUT2D eigenvalue weighted by Crippen LogP contribution is -2.41. The average Bonchev–Trinajstić information content (AvgIpc) is 3.65. The van der Waals surface area contributed by atoms with Gasteiger partial charge in [0, 0.05) is 14.1 Å². The number of benzene rings is 3. The summed E-state index contributed by atoms with van der Waals surface area (Å²) in [4.78, 5) is 45.3. The number of hydrogen-bond donors (Lipinski definition) is 1. The number of aromatic nitrogens is 3. The van der Waals surface area contributed by atoms with Crippen molar-refractivity contribution in [3.8, 4) is 0 Å². The van der Waals surface area contributed by atoms with Crippen LogP contribution in [0.1, 0.15) is 43.0 Å². The lowest BCUT2D eigenvalue weighted by atomic mass is 10.1. The quantitative estimate of drug-likeness (QED) is 0.241. The number of ether oxygens (including phenoxy) is 4. The van der Waals surface area contributed by atoms with Crippen LogP contribution in [0.4, 0.5) is 5.69 Å². The Hall–Kier alpha value is -5.03. The van der Waals surface area contributed by atoms with E-state index in [-0.39, 0.29) is 12.4 Å². The van der Waals surface area contributed by atoms with Gasteiger partial charge in [-0.2, -0.15) is 5.10 Å². The predicted octanol–water partition coefficient (Wildman–Crippen LogP) is 3.62. The van der Waals surface area contributed by atoms with Crippen molar-refractivity contribution in [2.24, 2.45) is 0 Å². The van der Waals surface area contributed by atoms with Crippen LogP contribution < -0.4 is 4.90 Å². The van der Waals surface area contributed by atoms with Gasteiger partial charge in [-0.05, 0) is 36.4 Å². The Labute approximate surface area is 236 Å². The summed E-state index contributed by atoms with van der Waals surface area (Å²) in [7, 11) is 3.64. The molecule has 11 nitrogen and oxygen atoms in total. The molecule has 0 radical (unpaired) electrons. The summed E-state index contributed by atoms with van der Waals surface area (Å²) in [6, 6.07) is 23.8. The molecule has 1 aliphatic heterocycles. The molecule has 210 valence electrons. The number of anilines is 1. The van der Waals surface area contributed by atoms with E-state index in [2.05, 4.69) is 15.2 Å². The third-order valence-corrected chi connectivity index (χ3v) is 6.50. The number of para-hydroxylation sites is 1. The van der Waals surface area contributed by atoms with Crippen LogP contribution in [0.3, 0.4) is 0 Å². The van der Waals surface area contributed by atoms with E-state index in [1.165, 1.54) is 6.33 Å². The van der Waals surface area contributed by atoms with Gasteiger partial charge < -0.3 is 23.8 Å². The van der Waals surface area contributed by atoms with E-state index in [4.69, 9.17) is 18.9 Å². The van der Waals surface area contributed by atoms with Gasteiger partial charge in [-0.3, -0.25) is 5.10 Å². The lowest BCUT2D eigenvalue weighted by molar-refractivity contribution is -0.0454. The molecular weight excluding hydrogens is 528 g/mol. The smallest absolute Gasteiger partial charge is 0.340 e. The molecule has 1 aromatic heterocycles. The minimum atomic E-state index is -1.15. The Bertz CT molecular complexity index is 1480. The van der Waals surface area contributed by atoms with Gasteiger partial charge in [-0.25, -0.2) is 19.4 Å². The second-order valence-electron chi connectivity index (χ2n) is 9.45. The first kappa shape index (κ1) is 27.5. The molecule has 0 spiro atoms. The number of carbonyl (C=O) groups excluding carboxylic acids is 3. The zero-order valence-corrected chi connectivity index (χ0v) is 22.4. The van der Waals surface area contributed by atoms with Crippen molar-refractivity contribution in [3.63, 3.8) is 0 Å². The van der Waals surface area contributed by atoms with Crippen molar-refractivity contribution < 1.29 is 33.3 Å². The largest absolute Gasteiger partial charge is 0.459 e. The van der Waals surface area contributed by atoms with Crippen LogP contribution in [-0.2, 0) is 18.9 Å². The molecule has 1 N–H and O–H groups in total. The van der Waals surface area contributed by atoms with Gasteiger partial charge in [-0.15, -0.1) is 0 Å². The van der Waals surface area contributed by atoms with E-state index in [0.29, 0.717) is 22.4 Å². The molecule has 11 heteroatoms. The molecule has 0 aliphatic carbocycles. The highest BCUT2D eigenvalue weighted by Crippen LogP contribution is 2.37. The first-order valence-electron chi connectivity index (χ1n) is 12.9. The van der Waals surface area contributed by atoms with E-state index in [1.54, 1.807) is 83.8 Å². The molecule has 4 aromatic rings. The van der Waals surface area contributed by atoms with E-state index >= 15 is 0 Å². The summed E-state index contributed by atoms with van der Waals surface area (Å²) in [5, 5.41) is 6.61. The van der Waals surface area contributed by atoms with Gasteiger partial charge >= 0.3 is 17.9 Å². The SMILES string of the molecule is CN(C)c1ccccc1C(=O)OC[C@H]1O[C@@H](c2ncn[nH]2)[C@H](OC(=O)c2ccccc2)[C@@H]1OC(=O)c1ccccc1. The van der Waals surface area contributed by atoms with Crippen LogP contribution in [0.15, 0.2) is 91.3 Å². The summed E-state index contributed by atoms with van der Waals surface area (Å²) < 4.78 is 23.6. The number of carbonyl (C=O) groups is 3. The van der Waals surface area contributed by atoms with Gasteiger partial charge in [0.25, 0.3) is 0 Å². The Kier molecular flexibility index (Phi) is 8.35. The summed E-state index contributed by atoms with van der Waals surface area (Å²) >= 11 is 0. The summed E-state index contributed by atoms with van der Waals surface area (Å²) in [6.45, 7) is -0.294. The monoisotopic (exact) mass is 556 g/mol. The number of aromatic amines is 1. The maximum atomic E-state index is 13.2. The van der Waals surface area contributed by atoms with Crippen molar-refractivity contribution >= 4 is 23.6 Å². The summed E-state index contributed by atoms with van der Waals surface area (Å²) in [6.07, 6.45) is -2.99. The van der Waals surface area contributed by atoms with Crippen LogP contribution in [0.25, 0.3) is 0 Å². The molecule has 3 aromatic carbocycles. The van der Waals surface area contributed by atoms with Crippen LogP contribution in [0.2, 0.25) is 0 Å². The number of nitrogens with one attached hydrogen (secondary N) is 1. The van der Waals surface area contributed by atoms with Gasteiger partial charge in [0.05, 0.1) is 22.4 Å². The van der Waals surface area contributed by atoms with Crippen molar-refractivity contribution in [2.45, 2.75) is 24.4 Å². The Morgan fingerprint density at radius 1 is 0.805 bits per heavy atom. The second kappa shape index (κ2) is 12.4. The highest BCUT2D eigenvalue weighted by Gasteiger charge is 2.52. The minimum Gasteiger partial charge on any atom is -0.459 e. The minimum absolute atomic E-state index is 0.253. The van der Waals surface area contributed by atoms with E-state index in [1.807, 2.05) is 20.2 Å². The maximum Gasteiger partial charge on any atom is 0.340 e. The van der Waals surface area contributed by atoms with Crippen LogP contribution in [0, 0.1) is 0 Å². The summed E-state index contributed by atoms with van der Waals surface area (Å²) in [5.41, 5.74) is 1.62. The molecule has 1 aliphatic rings. The molecule has 1 saturated heterocycles. The van der Waals surface area contributed by atoms with Crippen LogP contribution in [-0.4, -0.2) is 72.1 Å². The molecule has 41 heavy (non-hydrogen) atoms. The molecule has 0 unspecified atom stereocenters. The first-order valence-corrected chi connectivity index (χ1v) is 12.9. The zero-order chi connectivity index (χ0) is 28.8. The molecule has 4 atom stereocenters. The summed E-state index contributed by atoms with van der Waals surface area (Å²) in [5.74, 6) is -1.65. The average molecular weight is 557 g/mol. The van der Waals surface area contributed by atoms with Crippen molar-refractivity contribution in [2.75, 3.05) is 25.6 Å². The second-order valence-corrected chi connectivity index (χ2v) is 9.45. The molecule has 0 saturated carbocycles. The highest BCUT2D eigenvalue weighted by atomic mass is 16.6. The first-order chi connectivity index (χ1) is 19.9. The Morgan fingerprint density at radius 3 is 1.98 bits per heavy atom. The van der Waals surface area contributed by atoms with Crippen LogP contribution >= 0.6 is 0 Å². The zero-order valence-electron chi connectivity index (χ0n) is 22.4. The maximum absolute atomic E-state index is 13.2. The fourth-order valence-corrected chi connectivity index (χ4v) is 4.51. The van der Waals surface area contributed by atoms with Crippen molar-refractivity contribution in [1.82, 2.24) is 15.2 Å². The molecule has 0 amide bonds. The fraction of sp³-hybridized carbons (Fsp3) is 0.233. The lowest BCUT2D eigenvalue weighted by Gasteiger charge is -2.24. The number of H-pyrrole nitrogens is 1. The Balaban J connectivity index is 1.44. The predicted molar refractivity (Wildman–Crippen MR) is 146 cm³/mol. The number of nitrogens with zero attached hydrogens (tertiary/aromatic N) is 3. The standard InChI is InChI=1S/C30H28N4O7/c1-34(2)22-16-10-9-15-21(22)30(37)38-17-23-24(40-28(35)19-11-5-3-6-12-19)25(26(39-23)27-31-18-32-33-27)41-29(36)20-13-7-4-8-14-20/h3-16,18,23-26H,17H2,1-2H3,(H,31,32,33)/t23-,24-,25-,26-/m1/s1. The van der Waals surface area contributed by atoms with Gasteiger partial charge in [0.2, 0.25) is 0 Å². The third-order valence-electron chi connectivity index (χ3n) is 6.50. The normalized spacial score (nSPS) is 19.8. The number of hydrogen-bond acceptors (Lipinski definition) is 10. The molecule has 0 bridgehead atoms. The number of rotatable bonds is 9. The van der Waals surface area contributed by atoms with Gasteiger partial charge in [0.15, 0.2) is 24.1 Å². The fourth-order valence-electron chi connectivity index (χ4n) is 4.51. The topological polar surface area (TPSA) is 133 Å². The molecule has 2 heterocycles. The van der Waals surface area contributed by atoms with Crippen molar-refractivity contribution in [1.29, 1.82) is 0 Å². The van der Waals surface area contributed by atoms with Gasteiger partial charge in [-0.1, -0.05) is 48.5 Å². The number of esters is 3. The Morgan fingerprint density at radius 2 is 1.39 bits per heavy atom. The van der Waals surface area contributed by atoms with Crippen LogP contribution in [0.5, 0.6) is 0 Å². The molecule has 1 fully saturated rings. The molecular formula is C30H28N4O7. The van der Waals surface area contributed by atoms with E-state index in [0.717, 1.165) is 0 Å². The van der Waals surface area contributed by atoms with E-state index < -0.39 is 42.3 Å². The highest BCUT2D eigenvalue weighted by molar-refractivity contribution is 5.96.